The smallest absolute Gasteiger partial charge is 0.255 e. The third-order valence-corrected chi connectivity index (χ3v) is 5.87. The molecule has 0 unspecified atom stereocenters. The van der Waals surface area contributed by atoms with Crippen molar-refractivity contribution in [2.45, 2.75) is 27.0 Å². The average molecular weight is 498 g/mol. The van der Waals surface area contributed by atoms with E-state index >= 15 is 0 Å². The number of aromatic nitrogens is 2. The quantitative estimate of drug-likeness (QED) is 0.304. The number of halogens is 3. The summed E-state index contributed by atoms with van der Waals surface area (Å²) in [5, 5.41) is 8.45. The monoisotopic (exact) mass is 497 g/mol. The molecule has 34 heavy (non-hydrogen) atoms. The molecule has 0 saturated heterocycles. The molecule has 0 aliphatic heterocycles. The summed E-state index contributed by atoms with van der Waals surface area (Å²) in [6, 6.07) is 18.5. The van der Waals surface area contributed by atoms with Gasteiger partial charge in [-0.3, -0.25) is 9.48 Å². The lowest BCUT2D eigenvalue weighted by atomic mass is 10.1. The molecule has 0 saturated carbocycles. The molecule has 0 spiro atoms. The zero-order valence-electron chi connectivity index (χ0n) is 18.6. The number of aryl methyl sites for hydroxylation is 1. The summed E-state index contributed by atoms with van der Waals surface area (Å²) < 4.78 is 20.8. The maximum Gasteiger partial charge on any atom is 0.255 e. The second kappa shape index (κ2) is 10.3. The van der Waals surface area contributed by atoms with Crippen LogP contribution in [-0.4, -0.2) is 15.7 Å². The van der Waals surface area contributed by atoms with Crippen LogP contribution >= 0.6 is 23.2 Å². The lowest BCUT2D eigenvalue weighted by molar-refractivity contribution is 0.102. The van der Waals surface area contributed by atoms with E-state index < -0.39 is 0 Å². The Morgan fingerprint density at radius 2 is 1.79 bits per heavy atom. The Morgan fingerprint density at radius 3 is 2.53 bits per heavy atom. The van der Waals surface area contributed by atoms with E-state index in [1.807, 2.05) is 19.9 Å². The zero-order valence-corrected chi connectivity index (χ0v) is 20.1. The van der Waals surface area contributed by atoms with E-state index in [1.165, 1.54) is 12.1 Å². The Bertz CT molecular complexity index is 1340. The fraction of sp³-hybridized carbons (Fsp3) is 0.154. The normalized spacial score (nSPS) is 10.9. The molecule has 4 rings (SSSR count). The lowest BCUT2D eigenvalue weighted by Gasteiger charge is -2.10. The van der Waals surface area contributed by atoms with E-state index in [9.17, 15) is 9.18 Å². The highest BCUT2D eigenvalue weighted by Gasteiger charge is 2.16. The van der Waals surface area contributed by atoms with Crippen LogP contribution in [0.3, 0.4) is 0 Å². The first-order valence-corrected chi connectivity index (χ1v) is 11.3. The van der Waals surface area contributed by atoms with E-state index in [4.69, 9.17) is 27.9 Å². The van der Waals surface area contributed by atoms with Gasteiger partial charge in [0, 0.05) is 10.6 Å². The number of carbonyl (C=O) groups excluding carboxylic acids is 1. The summed E-state index contributed by atoms with van der Waals surface area (Å²) in [5.74, 6) is -0.0198. The minimum absolute atomic E-state index is 0.246. The molecule has 1 amide bonds. The Kier molecular flexibility index (Phi) is 7.20. The summed E-state index contributed by atoms with van der Waals surface area (Å²) in [7, 11) is 0. The van der Waals surface area contributed by atoms with Crippen LogP contribution in [0.25, 0.3) is 0 Å². The van der Waals surface area contributed by atoms with Crippen LogP contribution in [0.5, 0.6) is 5.75 Å². The van der Waals surface area contributed by atoms with Gasteiger partial charge in [0.15, 0.2) is 0 Å². The molecule has 5 nitrogen and oxygen atoms in total. The molecular formula is C26H22Cl2FN3O2. The van der Waals surface area contributed by atoms with Gasteiger partial charge < -0.3 is 10.1 Å². The fourth-order valence-electron chi connectivity index (χ4n) is 3.54. The molecule has 1 N–H and O–H groups in total. The van der Waals surface area contributed by atoms with Gasteiger partial charge in [-0.15, -0.1) is 0 Å². The first-order valence-electron chi connectivity index (χ1n) is 10.6. The van der Waals surface area contributed by atoms with Crippen LogP contribution < -0.4 is 10.1 Å². The number of rotatable bonds is 7. The molecule has 0 fully saturated rings. The van der Waals surface area contributed by atoms with Crippen molar-refractivity contribution in [3.05, 3.63) is 111 Å². The lowest BCUT2D eigenvalue weighted by Crippen LogP contribution is -2.14. The van der Waals surface area contributed by atoms with Crippen LogP contribution in [0.1, 0.15) is 32.9 Å². The van der Waals surface area contributed by atoms with Gasteiger partial charge in [-0.1, -0.05) is 47.5 Å². The van der Waals surface area contributed by atoms with E-state index in [-0.39, 0.29) is 18.3 Å². The van der Waals surface area contributed by atoms with E-state index in [2.05, 4.69) is 10.4 Å². The van der Waals surface area contributed by atoms with E-state index in [0.717, 1.165) is 16.8 Å². The van der Waals surface area contributed by atoms with E-state index in [0.29, 0.717) is 39.3 Å². The van der Waals surface area contributed by atoms with Crippen molar-refractivity contribution in [1.82, 2.24) is 9.78 Å². The number of nitrogens with one attached hydrogen (secondary N) is 1. The third-order valence-electron chi connectivity index (χ3n) is 5.34. The summed E-state index contributed by atoms with van der Waals surface area (Å²) >= 11 is 12.1. The molecule has 0 aliphatic carbocycles. The molecule has 3 aromatic carbocycles. The maximum absolute atomic E-state index is 13.2. The van der Waals surface area contributed by atoms with Crippen LogP contribution in [0, 0.1) is 19.7 Å². The van der Waals surface area contributed by atoms with Crippen molar-refractivity contribution in [2.75, 3.05) is 5.32 Å². The van der Waals surface area contributed by atoms with Gasteiger partial charge in [-0.25, -0.2) is 4.39 Å². The maximum atomic E-state index is 13.2. The Morgan fingerprint density at radius 1 is 1.03 bits per heavy atom. The van der Waals surface area contributed by atoms with Crippen LogP contribution in [-0.2, 0) is 13.2 Å². The van der Waals surface area contributed by atoms with Gasteiger partial charge in [0.2, 0.25) is 0 Å². The SMILES string of the molecule is Cc1nn(Cc2ccc(F)cc2)c(C)c1NC(=O)c1cccc(COc2ccc(Cl)cc2Cl)c1. The van der Waals surface area contributed by atoms with Crippen molar-refractivity contribution in [3.63, 3.8) is 0 Å². The highest BCUT2D eigenvalue weighted by atomic mass is 35.5. The largest absolute Gasteiger partial charge is 0.487 e. The molecule has 0 atom stereocenters. The molecule has 0 bridgehead atoms. The Labute approximate surface area is 207 Å². The van der Waals surface area contributed by atoms with Crippen molar-refractivity contribution >= 4 is 34.8 Å². The third kappa shape index (κ3) is 5.58. The molecular weight excluding hydrogens is 476 g/mol. The van der Waals surface area contributed by atoms with Gasteiger partial charge in [0.05, 0.1) is 28.6 Å². The van der Waals surface area contributed by atoms with E-state index in [1.54, 1.807) is 53.2 Å². The number of hydrogen-bond acceptors (Lipinski definition) is 3. The van der Waals surface area contributed by atoms with Crippen molar-refractivity contribution in [1.29, 1.82) is 0 Å². The molecule has 174 valence electrons. The van der Waals surface area contributed by atoms with Gasteiger partial charge in [0.25, 0.3) is 5.91 Å². The van der Waals surface area contributed by atoms with Gasteiger partial charge in [-0.2, -0.15) is 5.10 Å². The minimum atomic E-state index is -0.283. The number of amides is 1. The topological polar surface area (TPSA) is 56.2 Å². The van der Waals surface area contributed by atoms with Gasteiger partial charge >= 0.3 is 0 Å². The summed E-state index contributed by atoms with van der Waals surface area (Å²) in [4.78, 5) is 13.0. The fourth-order valence-corrected chi connectivity index (χ4v) is 4.00. The van der Waals surface area contributed by atoms with Gasteiger partial charge in [0.1, 0.15) is 18.2 Å². The van der Waals surface area contributed by atoms with Crippen LogP contribution in [0.4, 0.5) is 10.1 Å². The highest BCUT2D eigenvalue weighted by molar-refractivity contribution is 6.35. The summed E-state index contributed by atoms with van der Waals surface area (Å²) in [6.07, 6.45) is 0. The molecule has 4 aromatic rings. The van der Waals surface area contributed by atoms with Gasteiger partial charge in [-0.05, 0) is 67.4 Å². The highest BCUT2D eigenvalue weighted by Crippen LogP contribution is 2.28. The first-order chi connectivity index (χ1) is 16.3. The average Bonchev–Trinajstić information content (AvgIpc) is 3.07. The van der Waals surface area contributed by atoms with Crippen molar-refractivity contribution in [3.8, 4) is 5.75 Å². The first kappa shape index (κ1) is 23.8. The van der Waals surface area contributed by atoms with Crippen LogP contribution in [0.2, 0.25) is 10.0 Å². The summed E-state index contributed by atoms with van der Waals surface area (Å²) in [6.45, 7) is 4.45. The zero-order chi connectivity index (χ0) is 24.2. The van der Waals surface area contributed by atoms with Crippen molar-refractivity contribution < 1.29 is 13.9 Å². The standard InChI is InChI=1S/C26H22Cl2FN3O2/c1-16-25(17(2)32(31-16)14-18-6-9-22(29)10-7-18)30-26(33)20-5-3-4-19(12-20)15-34-24-11-8-21(27)13-23(24)28/h3-13H,14-15H2,1-2H3,(H,30,33). The predicted molar refractivity (Wildman–Crippen MR) is 132 cm³/mol. The predicted octanol–water partition coefficient (Wildman–Crippen LogP) is 6.83. The van der Waals surface area contributed by atoms with Crippen LogP contribution in [0.15, 0.2) is 66.7 Å². The number of anilines is 1. The number of ether oxygens (including phenoxy) is 1. The number of benzene rings is 3. The Hall–Kier alpha value is -3.35. The Balaban J connectivity index is 1.45. The summed E-state index contributed by atoms with van der Waals surface area (Å²) in [5.41, 5.74) is 4.39. The second-order valence-corrected chi connectivity index (χ2v) is 8.69. The molecule has 0 aliphatic rings. The molecule has 8 heteroatoms. The number of hydrogen-bond donors (Lipinski definition) is 1. The number of carbonyl (C=O) groups is 1. The molecule has 1 heterocycles. The van der Waals surface area contributed by atoms with Crippen molar-refractivity contribution in [2.24, 2.45) is 0 Å². The molecule has 0 radical (unpaired) electrons. The second-order valence-electron chi connectivity index (χ2n) is 7.85. The minimum Gasteiger partial charge on any atom is -0.487 e. The number of nitrogens with zero attached hydrogens (tertiary/aromatic N) is 2. The molecule has 1 aromatic heterocycles.